The minimum Gasteiger partial charge on any atom is -0.451 e. The highest BCUT2D eigenvalue weighted by Crippen LogP contribution is 2.32. The second-order valence-corrected chi connectivity index (χ2v) is 21.5. The Balaban J connectivity index is 0.873. The predicted octanol–water partition coefficient (Wildman–Crippen LogP) is 5.86. The van der Waals surface area contributed by atoms with E-state index in [1.165, 1.54) is 50.3 Å². The van der Waals surface area contributed by atoms with Gasteiger partial charge in [-0.2, -0.15) is 9.98 Å². The third kappa shape index (κ3) is 29.7. The van der Waals surface area contributed by atoms with Crippen molar-refractivity contribution in [3.05, 3.63) is 124 Å². The summed E-state index contributed by atoms with van der Waals surface area (Å²) in [4.78, 5) is 54.9. The molecule has 0 heterocycles. The van der Waals surface area contributed by atoms with Crippen molar-refractivity contribution < 1.29 is 83.1 Å². The molecule has 0 aromatic heterocycles. The van der Waals surface area contributed by atoms with E-state index in [-0.39, 0.29) is 82.5 Å². The molecule has 0 unspecified atom stereocenters. The fourth-order valence-electron chi connectivity index (χ4n) is 7.74. The van der Waals surface area contributed by atoms with Crippen LogP contribution in [0.1, 0.15) is 75.5 Å². The van der Waals surface area contributed by atoms with E-state index in [9.17, 15) is 45.2 Å². The maximum atomic E-state index is 14.8. The van der Waals surface area contributed by atoms with E-state index in [0.717, 1.165) is 42.7 Å². The Morgan fingerprint density at radius 2 is 0.852 bits per heavy atom. The van der Waals surface area contributed by atoms with Gasteiger partial charge in [-0.25, -0.2) is 26.0 Å². The van der Waals surface area contributed by atoms with Gasteiger partial charge in [-0.05, 0) is 123 Å². The number of nitrogens with zero attached hydrogens (tertiary/aromatic N) is 2. The van der Waals surface area contributed by atoms with Gasteiger partial charge in [0.25, 0.3) is 11.8 Å². The third-order valence-corrected chi connectivity index (χ3v) is 13.9. The number of unbranched alkanes of at least 4 members (excludes halogenated alkanes) is 3. The number of carbonyl (C=O) groups excluding carboxylic acids is 4. The molecule has 4 aromatic carbocycles. The molecule has 28 heteroatoms. The van der Waals surface area contributed by atoms with E-state index in [1.54, 1.807) is 24.3 Å². The molecule has 4 aromatic rings. The highest BCUT2D eigenvalue weighted by molar-refractivity contribution is 7.91. The number of amides is 4. The van der Waals surface area contributed by atoms with Crippen molar-refractivity contribution >= 4 is 57.5 Å². The lowest BCUT2D eigenvalue weighted by Crippen LogP contribution is -2.27. The first-order valence-electron chi connectivity index (χ1n) is 28.3. The molecule has 23 nitrogen and oxygen atoms in total. The van der Waals surface area contributed by atoms with Gasteiger partial charge >= 0.3 is 0 Å². The van der Waals surface area contributed by atoms with Crippen LogP contribution < -0.4 is 48.4 Å². The monoisotopic (exact) mass is 1260 g/mol. The Labute approximate surface area is 509 Å². The summed E-state index contributed by atoms with van der Waals surface area (Å²) in [6, 6.07) is 15.8. The average molecular weight is 1260 g/mol. The highest BCUT2D eigenvalue weighted by Gasteiger charge is 2.19. The van der Waals surface area contributed by atoms with Gasteiger partial charge in [0.2, 0.25) is 11.8 Å². The lowest BCUT2D eigenvalue weighted by molar-refractivity contribution is -0.122. The number of nitrogens with two attached hydrogens (primary N) is 4. The van der Waals surface area contributed by atoms with E-state index >= 15 is 0 Å². The van der Waals surface area contributed by atoms with Crippen molar-refractivity contribution in [1.29, 1.82) is 0 Å². The van der Waals surface area contributed by atoms with Gasteiger partial charge in [0.05, 0.1) is 83.3 Å². The summed E-state index contributed by atoms with van der Waals surface area (Å²) in [6.07, 6.45) is 6.49. The lowest BCUT2D eigenvalue weighted by Gasteiger charge is -2.10. The number of aliphatic imine (C=N–C) groups is 2. The van der Waals surface area contributed by atoms with Crippen LogP contribution in [0.5, 0.6) is 23.0 Å². The predicted molar refractivity (Wildman–Crippen MR) is 322 cm³/mol. The molecule has 0 aliphatic rings. The van der Waals surface area contributed by atoms with E-state index in [0.29, 0.717) is 111 Å². The summed E-state index contributed by atoms with van der Waals surface area (Å²) in [5.74, 6) is -7.83. The molecule has 0 saturated heterocycles. The number of halogens is 4. The minimum absolute atomic E-state index is 0.00707. The summed E-state index contributed by atoms with van der Waals surface area (Å²) in [7, 11) is -3.70. The van der Waals surface area contributed by atoms with E-state index in [2.05, 4.69) is 25.9 Å². The normalized spacial score (nSPS) is 11.7. The summed E-state index contributed by atoms with van der Waals surface area (Å²) < 4.78 is 129. The molecule has 4 amide bonds. The van der Waals surface area contributed by atoms with Crippen LogP contribution in [-0.4, -0.2) is 149 Å². The number of nitrogens with one attached hydrogen (secondary N) is 3. The number of hydrogen-bond donors (Lipinski definition) is 7. The summed E-state index contributed by atoms with van der Waals surface area (Å²) in [5.41, 5.74) is 21.9. The zero-order valence-electron chi connectivity index (χ0n) is 49.4. The Hall–Kier alpha value is -7.83. The van der Waals surface area contributed by atoms with Crippen molar-refractivity contribution in [2.75, 3.05) is 105 Å². The first-order valence-corrected chi connectivity index (χ1v) is 30.0. The fourth-order valence-corrected chi connectivity index (χ4v) is 9.02. The molecule has 0 atom stereocenters. The second kappa shape index (κ2) is 40.6. The molecule has 0 aliphatic carbocycles. The summed E-state index contributed by atoms with van der Waals surface area (Å²) in [5, 5.41) is 8.90. The molecule has 482 valence electrons. The minimum atomic E-state index is -3.70. The maximum absolute atomic E-state index is 14.8. The van der Waals surface area contributed by atoms with Crippen LogP contribution in [0.4, 0.5) is 17.6 Å². The van der Waals surface area contributed by atoms with Gasteiger partial charge in [0.1, 0.15) is 11.5 Å². The molecule has 0 aliphatic heterocycles. The van der Waals surface area contributed by atoms with Gasteiger partial charge in [-0.3, -0.25) is 19.2 Å². The lowest BCUT2D eigenvalue weighted by atomic mass is 10.1. The summed E-state index contributed by atoms with van der Waals surface area (Å²) in [6.45, 7) is 8.59. The first kappa shape index (κ1) is 72.6. The number of sulfone groups is 1. The van der Waals surface area contributed by atoms with E-state index in [4.69, 9.17) is 60.8 Å². The number of hydrogen-bond acceptors (Lipinski definition) is 15. The Kier molecular flexibility index (Phi) is 33.5. The van der Waals surface area contributed by atoms with Gasteiger partial charge in [-0.15, -0.1) is 0 Å². The number of benzene rings is 4. The van der Waals surface area contributed by atoms with Crippen LogP contribution in [0.15, 0.2) is 98.8 Å². The molecular formula is C60H79F4N9O14S. The number of carbonyl (C=O) groups is 4. The van der Waals surface area contributed by atoms with Crippen LogP contribution in [0.3, 0.4) is 0 Å². The van der Waals surface area contributed by atoms with Gasteiger partial charge < -0.3 is 76.8 Å². The molecule has 0 bridgehead atoms. The standard InChI is InChI=1S/C60H79F4N9O14S/c1-41(57(76)72-59(65)66)34-44-36-49(61)55(50(62)37-44)86-46-12-10-43(11-13-46)40-69-18-22-81-26-30-85-32-28-83-24-20-71-54(75)9-6-4-3-5-8-53(74)70-19-23-82-27-31-84-29-25-80-21-7-33-88(78,79)48-16-14-47(15-17-48)87-56-51(63)38-45(39-52(56)64)35-42(2)58(77)73-60(67)68/h10-17,34-39,69H,3-9,18-33,40H2,1-2H3,(H,70,74)(H,71,75)(H4,65,66,72,76)(H4,67,68,73,77)/b41-34+,42-35+. The molecule has 4 rings (SSSR count). The molecule has 0 spiro atoms. The Morgan fingerprint density at radius 1 is 0.489 bits per heavy atom. The maximum Gasteiger partial charge on any atom is 0.275 e. The molecule has 88 heavy (non-hydrogen) atoms. The Morgan fingerprint density at radius 3 is 1.25 bits per heavy atom. The van der Waals surface area contributed by atoms with Gasteiger partial charge in [-0.1, -0.05) is 25.0 Å². The zero-order valence-corrected chi connectivity index (χ0v) is 50.2. The average Bonchev–Trinajstić information content (AvgIpc) is 2.31. The van der Waals surface area contributed by atoms with Crippen LogP contribution >= 0.6 is 0 Å². The SMILES string of the molecule is C/C(=C\c1cc(F)c(Oc2ccc(CNCCOCCOCCOCCNC(=O)CCCCCCC(=O)NCCOCCOCCOCCCS(=O)(=O)c3ccc(Oc4c(F)cc(/C=C(\C)C(=O)N=C(N)N)cc4F)cc3)cc2)c(F)c1)C(=O)N=C(N)N. The highest BCUT2D eigenvalue weighted by atomic mass is 32.2. The number of rotatable bonds is 43. The quantitative estimate of drug-likeness (QED) is 0.00897. The van der Waals surface area contributed by atoms with Gasteiger partial charge in [0, 0.05) is 56.8 Å². The van der Waals surface area contributed by atoms with Crippen LogP contribution in [0, 0.1) is 23.3 Å². The zero-order chi connectivity index (χ0) is 64.1. The molecule has 11 N–H and O–H groups in total. The van der Waals surface area contributed by atoms with Crippen LogP contribution in [0.25, 0.3) is 12.2 Å². The molecule has 0 radical (unpaired) electrons. The van der Waals surface area contributed by atoms with Crippen LogP contribution in [0.2, 0.25) is 0 Å². The Bertz CT molecular complexity index is 3050. The van der Waals surface area contributed by atoms with Crippen LogP contribution in [-0.2, 0) is 64.0 Å². The fraction of sp³-hybridized carbons (Fsp3) is 0.433. The topological polar surface area (TPSA) is 341 Å². The van der Waals surface area contributed by atoms with Gasteiger partial charge in [0.15, 0.2) is 56.5 Å². The first-order chi connectivity index (χ1) is 42.2. The number of guanidine groups is 2. The largest absolute Gasteiger partial charge is 0.451 e. The van der Waals surface area contributed by atoms with E-state index in [1.807, 2.05) is 0 Å². The number of ether oxygens (including phenoxy) is 8. The van der Waals surface area contributed by atoms with Crippen molar-refractivity contribution in [2.45, 2.75) is 70.2 Å². The summed E-state index contributed by atoms with van der Waals surface area (Å²) >= 11 is 0. The van der Waals surface area contributed by atoms with E-state index < -0.39 is 68.3 Å². The second-order valence-electron chi connectivity index (χ2n) is 19.4. The van der Waals surface area contributed by atoms with Crippen molar-refractivity contribution in [2.24, 2.45) is 32.9 Å². The smallest absolute Gasteiger partial charge is 0.275 e. The molecule has 0 fully saturated rings. The van der Waals surface area contributed by atoms with Crippen molar-refractivity contribution in [3.63, 3.8) is 0 Å². The van der Waals surface area contributed by atoms with Crippen molar-refractivity contribution in [1.82, 2.24) is 16.0 Å². The third-order valence-electron chi connectivity index (χ3n) is 12.1. The molecular weight excluding hydrogens is 1180 g/mol. The molecule has 0 saturated carbocycles. The van der Waals surface area contributed by atoms with Crippen molar-refractivity contribution in [3.8, 4) is 23.0 Å².